The molecule has 0 spiro atoms. The lowest BCUT2D eigenvalue weighted by Gasteiger charge is -2.50. The Hall–Kier alpha value is -5.73. The SMILES string of the molecule is CC(/C(C1=C(C(=O)O)N2C(=O)[C@@H](NC(=O)/C(=N\OC(c3ccccc3)(c3ccccc3)c3ccccc3)c3csc(N)n3)[C@H]2SC1)=C1/CCNC1=O)C1CC1. The van der Waals surface area contributed by atoms with Gasteiger partial charge in [-0.3, -0.25) is 19.3 Å². The quantitative estimate of drug-likeness (QED) is 0.0505. The molecule has 0 bridgehead atoms. The van der Waals surface area contributed by atoms with E-state index in [0.29, 0.717) is 30.0 Å². The maximum absolute atomic E-state index is 14.3. The third-order valence-corrected chi connectivity index (χ3v) is 12.6. The maximum Gasteiger partial charge on any atom is 0.352 e. The molecule has 1 aliphatic carbocycles. The summed E-state index contributed by atoms with van der Waals surface area (Å²) in [5.74, 6) is -2.20. The summed E-state index contributed by atoms with van der Waals surface area (Å²) in [5.41, 5.74) is 8.58. The molecule has 280 valence electrons. The van der Waals surface area contributed by atoms with Crippen LogP contribution in [0.2, 0.25) is 0 Å². The van der Waals surface area contributed by atoms with Crippen LogP contribution >= 0.6 is 23.1 Å². The van der Waals surface area contributed by atoms with Crippen molar-refractivity contribution in [2.75, 3.05) is 18.0 Å². The Bertz CT molecular complexity index is 2160. The van der Waals surface area contributed by atoms with Crippen molar-refractivity contribution in [3.05, 3.63) is 141 Å². The molecule has 3 aliphatic heterocycles. The molecule has 0 radical (unpaired) electrons. The molecular weight excluding hydrogens is 737 g/mol. The highest BCUT2D eigenvalue weighted by molar-refractivity contribution is 8.00. The van der Waals surface area contributed by atoms with Crippen molar-refractivity contribution >= 4 is 57.6 Å². The first-order valence-electron chi connectivity index (χ1n) is 18.1. The Balaban J connectivity index is 1.14. The predicted octanol–water partition coefficient (Wildman–Crippen LogP) is 5.04. The van der Waals surface area contributed by atoms with Gasteiger partial charge in [-0.05, 0) is 42.2 Å². The number of nitrogens with one attached hydrogen (secondary N) is 2. The number of benzene rings is 3. The molecule has 3 aromatic carbocycles. The number of carboxylic acids is 1. The van der Waals surface area contributed by atoms with Gasteiger partial charge in [0.2, 0.25) is 11.5 Å². The summed E-state index contributed by atoms with van der Waals surface area (Å²) >= 11 is 2.48. The van der Waals surface area contributed by atoms with Crippen LogP contribution in [0.5, 0.6) is 0 Å². The van der Waals surface area contributed by atoms with Gasteiger partial charge in [0, 0.05) is 39.9 Å². The van der Waals surface area contributed by atoms with Crippen molar-refractivity contribution in [1.82, 2.24) is 20.5 Å². The highest BCUT2D eigenvalue weighted by Crippen LogP contribution is 2.49. The number of nitrogens with zero attached hydrogens (tertiary/aromatic N) is 3. The number of fused-ring (bicyclic) bond motifs is 1. The summed E-state index contributed by atoms with van der Waals surface area (Å²) < 4.78 is 0. The zero-order valence-corrected chi connectivity index (χ0v) is 31.4. The van der Waals surface area contributed by atoms with Crippen LogP contribution in [-0.4, -0.2) is 68.1 Å². The van der Waals surface area contributed by atoms with Crippen LogP contribution in [0.3, 0.4) is 0 Å². The molecule has 4 aromatic rings. The number of allylic oxidation sites excluding steroid dienone is 1. The van der Waals surface area contributed by atoms with Crippen LogP contribution in [0.1, 0.15) is 48.6 Å². The second-order valence-corrected chi connectivity index (χ2v) is 15.9. The van der Waals surface area contributed by atoms with E-state index in [2.05, 4.69) is 20.8 Å². The molecule has 8 rings (SSSR count). The topological polar surface area (TPSA) is 176 Å². The minimum Gasteiger partial charge on any atom is -0.477 e. The van der Waals surface area contributed by atoms with Crippen LogP contribution in [0.15, 0.2) is 124 Å². The van der Waals surface area contributed by atoms with Crippen molar-refractivity contribution in [2.24, 2.45) is 17.0 Å². The van der Waals surface area contributed by atoms with Crippen molar-refractivity contribution in [1.29, 1.82) is 0 Å². The Labute approximate surface area is 325 Å². The fourth-order valence-electron chi connectivity index (χ4n) is 7.77. The van der Waals surface area contributed by atoms with Gasteiger partial charge in [-0.15, -0.1) is 23.1 Å². The molecule has 4 aliphatic rings. The summed E-state index contributed by atoms with van der Waals surface area (Å²) in [4.78, 5) is 66.3. The lowest BCUT2D eigenvalue weighted by atomic mass is 9.80. The second-order valence-electron chi connectivity index (χ2n) is 13.9. The number of carboxylic acid groups (broad SMARTS) is 1. The number of rotatable bonds is 12. The van der Waals surface area contributed by atoms with E-state index in [9.17, 15) is 24.3 Å². The van der Waals surface area contributed by atoms with Crippen LogP contribution in [0, 0.1) is 11.8 Å². The minimum absolute atomic E-state index is 0.0358. The number of anilines is 1. The number of carbonyl (C=O) groups excluding carboxylic acids is 3. The van der Waals surface area contributed by atoms with Gasteiger partial charge < -0.3 is 26.3 Å². The minimum atomic E-state index is -1.31. The van der Waals surface area contributed by atoms with E-state index in [1.807, 2.05) is 97.9 Å². The van der Waals surface area contributed by atoms with E-state index >= 15 is 0 Å². The molecule has 1 saturated carbocycles. The number of thioether (sulfide) groups is 1. The van der Waals surface area contributed by atoms with Crippen LogP contribution in [-0.2, 0) is 29.6 Å². The number of amides is 3. The first kappa shape index (κ1) is 36.3. The largest absolute Gasteiger partial charge is 0.477 e. The number of thiazole rings is 1. The molecule has 5 N–H and O–H groups in total. The summed E-state index contributed by atoms with van der Waals surface area (Å²) in [5, 5.41) is 21.8. The Kier molecular flexibility index (Phi) is 9.78. The number of carbonyl (C=O) groups is 4. The molecule has 1 unspecified atom stereocenters. The van der Waals surface area contributed by atoms with Crippen LogP contribution < -0.4 is 16.4 Å². The van der Waals surface area contributed by atoms with Crippen LogP contribution in [0.25, 0.3) is 0 Å². The van der Waals surface area contributed by atoms with Gasteiger partial charge in [-0.1, -0.05) is 103 Å². The highest BCUT2D eigenvalue weighted by Gasteiger charge is 2.55. The number of hydrogen-bond acceptors (Lipinski definition) is 10. The normalized spacial score (nSPS) is 21.3. The number of aliphatic carboxylic acids is 1. The van der Waals surface area contributed by atoms with Crippen LogP contribution in [0.4, 0.5) is 5.13 Å². The second kappa shape index (κ2) is 14.8. The van der Waals surface area contributed by atoms with Crippen molar-refractivity contribution < 1.29 is 29.1 Å². The molecule has 1 aromatic heterocycles. The van der Waals surface area contributed by atoms with Crippen molar-refractivity contribution in [3.63, 3.8) is 0 Å². The maximum atomic E-state index is 14.3. The fourth-order valence-corrected chi connectivity index (χ4v) is 9.68. The number of nitrogen functional groups attached to an aromatic ring is 1. The molecule has 3 amide bonds. The van der Waals surface area contributed by atoms with E-state index in [4.69, 9.17) is 10.6 Å². The van der Waals surface area contributed by atoms with Gasteiger partial charge in [0.1, 0.15) is 22.8 Å². The zero-order valence-electron chi connectivity index (χ0n) is 29.8. The molecular formula is C41H38N6O6S2. The van der Waals surface area contributed by atoms with E-state index in [1.165, 1.54) is 16.7 Å². The lowest BCUT2D eigenvalue weighted by molar-refractivity contribution is -0.150. The standard InChI is InChI=1S/C41H38N6O6S2/c1-23(24-17-18-24)31(28-19-20-43-35(28)48)29-21-54-38-33(37(50)47(38)34(29)39(51)52)45-36(49)32(30-22-55-40(42)44-30)46-53-41(25-11-5-2-6-12-25,26-13-7-3-8-14-26)27-15-9-4-10-16-27/h2-16,22-24,33,38H,17-21H2,1H3,(H2,42,44)(H,43,48)(H,45,49)(H,51,52)/b31-28+,46-32-/t23?,33-,38-/m1/s1. The smallest absolute Gasteiger partial charge is 0.352 e. The number of nitrogens with two attached hydrogens (primary N) is 1. The Morgan fingerprint density at radius 1 is 1.00 bits per heavy atom. The number of hydrogen-bond donors (Lipinski definition) is 4. The van der Waals surface area contributed by atoms with Gasteiger partial charge in [0.15, 0.2) is 10.8 Å². The molecule has 55 heavy (non-hydrogen) atoms. The first-order valence-corrected chi connectivity index (χ1v) is 20.0. The van der Waals surface area contributed by atoms with E-state index < -0.39 is 34.8 Å². The first-order chi connectivity index (χ1) is 26.7. The molecule has 14 heteroatoms. The molecule has 4 heterocycles. The average Bonchev–Trinajstić information content (AvgIpc) is 3.85. The lowest BCUT2D eigenvalue weighted by Crippen LogP contribution is -2.71. The molecule has 12 nitrogen and oxygen atoms in total. The Morgan fingerprint density at radius 2 is 1.60 bits per heavy atom. The summed E-state index contributed by atoms with van der Waals surface area (Å²) in [6.07, 6.45) is 2.50. The zero-order chi connectivity index (χ0) is 38.3. The third-order valence-electron chi connectivity index (χ3n) is 10.6. The predicted molar refractivity (Wildman–Crippen MR) is 210 cm³/mol. The number of aromatic nitrogens is 1. The van der Waals surface area contributed by atoms with Crippen molar-refractivity contribution in [2.45, 2.75) is 43.2 Å². The van der Waals surface area contributed by atoms with Gasteiger partial charge in [0.05, 0.1) is 0 Å². The molecule has 3 fully saturated rings. The summed E-state index contributed by atoms with van der Waals surface area (Å²) in [6, 6.07) is 27.5. The van der Waals surface area contributed by atoms with Gasteiger partial charge in [0.25, 0.3) is 11.8 Å². The van der Waals surface area contributed by atoms with Crippen molar-refractivity contribution in [3.8, 4) is 0 Å². The molecule has 2 saturated heterocycles. The monoisotopic (exact) mass is 774 g/mol. The van der Waals surface area contributed by atoms with E-state index in [1.54, 1.807) is 5.38 Å². The van der Waals surface area contributed by atoms with E-state index in [-0.39, 0.29) is 39.8 Å². The fraction of sp³-hybridized carbons (Fsp3) is 0.268. The van der Waals surface area contributed by atoms with Gasteiger partial charge >= 0.3 is 5.97 Å². The average molecular weight is 775 g/mol. The number of β-lactam (4-membered cyclic amide) rings is 1. The molecule has 3 atom stereocenters. The van der Waals surface area contributed by atoms with E-state index in [0.717, 1.165) is 46.4 Å². The third kappa shape index (κ3) is 6.59. The van der Waals surface area contributed by atoms with Gasteiger partial charge in [-0.25, -0.2) is 9.78 Å². The number of oxime groups is 1. The Morgan fingerprint density at radius 3 is 2.09 bits per heavy atom. The van der Waals surface area contributed by atoms with Gasteiger partial charge in [-0.2, -0.15) is 0 Å². The summed E-state index contributed by atoms with van der Waals surface area (Å²) in [6.45, 7) is 2.52. The highest BCUT2D eigenvalue weighted by atomic mass is 32.2. The summed E-state index contributed by atoms with van der Waals surface area (Å²) in [7, 11) is 0.